The zero-order chi connectivity index (χ0) is 14.2. The Balaban J connectivity index is 1.68. The smallest absolute Gasteiger partial charge is 0.311 e. The van der Waals surface area contributed by atoms with Crippen LogP contribution in [0.4, 0.5) is 5.13 Å². The van der Waals surface area contributed by atoms with Crippen molar-refractivity contribution in [3.63, 3.8) is 0 Å². The molecule has 1 N–H and O–H groups in total. The second kappa shape index (κ2) is 7.59. The third-order valence-corrected chi connectivity index (χ3v) is 3.34. The molecule has 2 heterocycles. The van der Waals surface area contributed by atoms with Gasteiger partial charge in [0, 0.05) is 24.7 Å². The van der Waals surface area contributed by atoms with E-state index in [0.717, 1.165) is 30.3 Å². The first-order chi connectivity index (χ1) is 9.78. The van der Waals surface area contributed by atoms with Crippen LogP contribution >= 0.6 is 11.3 Å². The molecule has 0 unspecified atom stereocenters. The first-order valence-electron chi connectivity index (χ1n) is 6.46. The van der Waals surface area contributed by atoms with E-state index < -0.39 is 0 Å². The maximum absolute atomic E-state index is 11.3. The number of carbonyl (C=O) groups excluding carboxylic acids is 1. The average Bonchev–Trinajstić information content (AvgIpc) is 3.06. The number of aryl methyl sites for hydroxylation is 1. The van der Waals surface area contributed by atoms with E-state index >= 15 is 0 Å². The molecular weight excluding hydrogens is 278 g/mol. The zero-order valence-electron chi connectivity index (χ0n) is 11.3. The Kier molecular flexibility index (Phi) is 5.48. The third-order valence-electron chi connectivity index (χ3n) is 2.49. The van der Waals surface area contributed by atoms with Gasteiger partial charge in [-0.3, -0.25) is 9.48 Å². The van der Waals surface area contributed by atoms with Gasteiger partial charge in [0.15, 0.2) is 5.13 Å². The molecule has 0 aromatic carbocycles. The first kappa shape index (κ1) is 14.4. The van der Waals surface area contributed by atoms with E-state index in [1.807, 2.05) is 11.6 Å². The fourth-order valence-corrected chi connectivity index (χ4v) is 2.36. The standard InChI is InChI=1S/C12H17N5O2S/c1-2-19-11(18)8-10-9-20-12(15-10)13-4-3-6-17-7-5-14-16-17/h5,7,9H,2-4,6,8H2,1H3,(H,13,15). The van der Waals surface area contributed by atoms with Gasteiger partial charge < -0.3 is 10.1 Å². The van der Waals surface area contributed by atoms with Crippen LogP contribution in [0.1, 0.15) is 19.0 Å². The molecule has 0 aliphatic heterocycles. The molecule has 0 radical (unpaired) electrons. The minimum atomic E-state index is -0.240. The molecule has 2 aromatic heterocycles. The highest BCUT2D eigenvalue weighted by Crippen LogP contribution is 2.16. The summed E-state index contributed by atoms with van der Waals surface area (Å²) < 4.78 is 6.67. The Morgan fingerprint density at radius 3 is 3.20 bits per heavy atom. The van der Waals surface area contributed by atoms with Crippen LogP contribution in [0, 0.1) is 0 Å². The largest absolute Gasteiger partial charge is 0.466 e. The Bertz CT molecular complexity index is 526. The van der Waals surface area contributed by atoms with Crippen molar-refractivity contribution in [2.45, 2.75) is 26.3 Å². The van der Waals surface area contributed by atoms with Gasteiger partial charge in [-0.25, -0.2) is 4.98 Å². The van der Waals surface area contributed by atoms with Crippen molar-refractivity contribution in [3.05, 3.63) is 23.5 Å². The van der Waals surface area contributed by atoms with E-state index in [1.165, 1.54) is 11.3 Å². The lowest BCUT2D eigenvalue weighted by atomic mass is 10.3. The SMILES string of the molecule is CCOC(=O)Cc1csc(NCCCn2ccnn2)n1. The molecule has 8 heteroatoms. The molecule has 0 aliphatic rings. The molecule has 7 nitrogen and oxygen atoms in total. The van der Waals surface area contributed by atoms with E-state index in [0.29, 0.717) is 6.61 Å². The summed E-state index contributed by atoms with van der Waals surface area (Å²) in [6.45, 7) is 3.80. The lowest BCUT2D eigenvalue weighted by Crippen LogP contribution is -2.09. The number of nitrogens with zero attached hydrogens (tertiary/aromatic N) is 4. The van der Waals surface area contributed by atoms with Crippen LogP contribution in [-0.4, -0.2) is 39.1 Å². The predicted octanol–water partition coefficient (Wildman–Crippen LogP) is 1.34. The quantitative estimate of drug-likeness (QED) is 0.584. The van der Waals surface area contributed by atoms with Crippen molar-refractivity contribution in [2.75, 3.05) is 18.5 Å². The number of anilines is 1. The van der Waals surface area contributed by atoms with Crippen molar-refractivity contribution in [3.8, 4) is 0 Å². The maximum Gasteiger partial charge on any atom is 0.311 e. The Labute approximate surface area is 121 Å². The Morgan fingerprint density at radius 2 is 2.45 bits per heavy atom. The van der Waals surface area contributed by atoms with Gasteiger partial charge in [-0.15, -0.1) is 16.4 Å². The summed E-state index contributed by atoms with van der Waals surface area (Å²) in [6.07, 6.45) is 4.65. The van der Waals surface area contributed by atoms with Crippen LogP contribution in [0.3, 0.4) is 0 Å². The van der Waals surface area contributed by atoms with Crippen LogP contribution < -0.4 is 5.32 Å². The van der Waals surface area contributed by atoms with E-state index in [2.05, 4.69) is 20.6 Å². The number of nitrogens with one attached hydrogen (secondary N) is 1. The summed E-state index contributed by atoms with van der Waals surface area (Å²) in [7, 11) is 0. The lowest BCUT2D eigenvalue weighted by Gasteiger charge is -2.02. The van der Waals surface area contributed by atoms with E-state index in [1.54, 1.807) is 17.8 Å². The fraction of sp³-hybridized carbons (Fsp3) is 0.500. The minimum Gasteiger partial charge on any atom is -0.466 e. The van der Waals surface area contributed by atoms with Gasteiger partial charge in [0.05, 0.1) is 24.9 Å². The highest BCUT2D eigenvalue weighted by atomic mass is 32.1. The number of carbonyl (C=O) groups is 1. The Morgan fingerprint density at radius 1 is 1.55 bits per heavy atom. The number of hydrogen-bond donors (Lipinski definition) is 1. The van der Waals surface area contributed by atoms with Crippen molar-refractivity contribution in [1.29, 1.82) is 0 Å². The third kappa shape index (κ3) is 4.61. The van der Waals surface area contributed by atoms with Crippen LogP contribution in [0.15, 0.2) is 17.8 Å². The minimum absolute atomic E-state index is 0.227. The zero-order valence-corrected chi connectivity index (χ0v) is 12.1. The lowest BCUT2D eigenvalue weighted by molar-refractivity contribution is -0.142. The average molecular weight is 295 g/mol. The number of thiazole rings is 1. The summed E-state index contributed by atoms with van der Waals surface area (Å²) in [5.74, 6) is -0.240. The van der Waals surface area contributed by atoms with Crippen molar-refractivity contribution < 1.29 is 9.53 Å². The summed E-state index contributed by atoms with van der Waals surface area (Å²) in [4.78, 5) is 15.7. The van der Waals surface area contributed by atoms with Crippen LogP contribution in [0.5, 0.6) is 0 Å². The van der Waals surface area contributed by atoms with Gasteiger partial charge in [0.1, 0.15) is 0 Å². The second-order valence-electron chi connectivity index (χ2n) is 4.07. The van der Waals surface area contributed by atoms with E-state index in [-0.39, 0.29) is 12.4 Å². The molecular formula is C12H17N5O2S. The van der Waals surface area contributed by atoms with E-state index in [9.17, 15) is 4.79 Å². The number of hydrogen-bond acceptors (Lipinski definition) is 7. The van der Waals surface area contributed by atoms with Crippen LogP contribution in [-0.2, 0) is 22.5 Å². The van der Waals surface area contributed by atoms with Crippen LogP contribution in [0.25, 0.3) is 0 Å². The molecule has 20 heavy (non-hydrogen) atoms. The van der Waals surface area contributed by atoms with Crippen LogP contribution in [0.2, 0.25) is 0 Å². The number of aromatic nitrogens is 4. The molecule has 0 atom stereocenters. The Hall–Kier alpha value is -1.96. The number of esters is 1. The van der Waals surface area contributed by atoms with Gasteiger partial charge in [-0.2, -0.15) is 0 Å². The molecule has 0 spiro atoms. The molecule has 0 bridgehead atoms. The number of ether oxygens (including phenoxy) is 1. The molecule has 2 aromatic rings. The van der Waals surface area contributed by atoms with Crippen molar-refractivity contribution in [2.24, 2.45) is 0 Å². The first-order valence-corrected chi connectivity index (χ1v) is 7.34. The van der Waals surface area contributed by atoms with Gasteiger partial charge >= 0.3 is 5.97 Å². The van der Waals surface area contributed by atoms with Crippen molar-refractivity contribution in [1.82, 2.24) is 20.0 Å². The molecule has 0 amide bonds. The normalized spacial score (nSPS) is 10.4. The van der Waals surface area contributed by atoms with Gasteiger partial charge in [0.25, 0.3) is 0 Å². The van der Waals surface area contributed by atoms with Gasteiger partial charge in [0.2, 0.25) is 0 Å². The molecule has 108 valence electrons. The summed E-state index contributed by atoms with van der Waals surface area (Å²) in [5.41, 5.74) is 0.743. The molecule has 2 rings (SSSR count). The van der Waals surface area contributed by atoms with Gasteiger partial charge in [-0.05, 0) is 13.3 Å². The second-order valence-corrected chi connectivity index (χ2v) is 4.93. The molecule has 0 aliphatic carbocycles. The highest BCUT2D eigenvalue weighted by Gasteiger charge is 2.07. The predicted molar refractivity (Wildman–Crippen MR) is 75.6 cm³/mol. The monoisotopic (exact) mass is 295 g/mol. The number of rotatable bonds is 8. The topological polar surface area (TPSA) is 81.9 Å². The van der Waals surface area contributed by atoms with Crippen molar-refractivity contribution >= 4 is 22.4 Å². The maximum atomic E-state index is 11.3. The molecule has 0 fully saturated rings. The molecule has 0 saturated heterocycles. The summed E-state index contributed by atoms with van der Waals surface area (Å²) >= 11 is 1.49. The summed E-state index contributed by atoms with van der Waals surface area (Å²) in [6, 6.07) is 0. The summed E-state index contributed by atoms with van der Waals surface area (Å²) in [5, 5.41) is 13.6. The molecule has 0 saturated carbocycles. The highest BCUT2D eigenvalue weighted by molar-refractivity contribution is 7.13. The van der Waals surface area contributed by atoms with Gasteiger partial charge in [-0.1, -0.05) is 5.21 Å². The van der Waals surface area contributed by atoms with E-state index in [4.69, 9.17) is 4.74 Å². The fourth-order valence-electron chi connectivity index (χ4n) is 1.62.